The predicted octanol–water partition coefficient (Wildman–Crippen LogP) is 4.20. The average Bonchev–Trinajstić information content (AvgIpc) is 2.94. The fourth-order valence-electron chi connectivity index (χ4n) is 1.97. The molecule has 1 atom stereocenters. The lowest BCUT2D eigenvalue weighted by Gasteiger charge is -2.16. The molecular formula is C13H18IN. The lowest BCUT2D eigenvalue weighted by atomic mass is 10.1. The Morgan fingerprint density at radius 2 is 2.20 bits per heavy atom. The lowest BCUT2D eigenvalue weighted by Crippen LogP contribution is -2.16. The van der Waals surface area contributed by atoms with Gasteiger partial charge in [-0.05, 0) is 72.5 Å². The quantitative estimate of drug-likeness (QED) is 0.821. The number of aryl methyl sites for hydroxylation is 1. The van der Waals surface area contributed by atoms with Gasteiger partial charge in [-0.25, -0.2) is 0 Å². The standard InChI is InChI=1S/C13H18IN/c1-9-7-12(14)5-6-13(9)15-10(2)8-11-3-4-11/h5-7,10-11,15H,3-4,8H2,1-2H3. The van der Waals surface area contributed by atoms with E-state index >= 15 is 0 Å². The van der Waals surface area contributed by atoms with E-state index in [1.807, 2.05) is 0 Å². The molecule has 2 heteroatoms. The fraction of sp³-hybridized carbons (Fsp3) is 0.538. The summed E-state index contributed by atoms with van der Waals surface area (Å²) in [6.45, 7) is 4.46. The summed E-state index contributed by atoms with van der Waals surface area (Å²) >= 11 is 2.36. The van der Waals surface area contributed by atoms with Crippen molar-refractivity contribution in [3.8, 4) is 0 Å². The highest BCUT2D eigenvalue weighted by atomic mass is 127. The Bertz CT molecular complexity index is 344. The number of benzene rings is 1. The van der Waals surface area contributed by atoms with Crippen LogP contribution in [-0.4, -0.2) is 6.04 Å². The van der Waals surface area contributed by atoms with Crippen LogP contribution in [0, 0.1) is 16.4 Å². The minimum atomic E-state index is 0.608. The van der Waals surface area contributed by atoms with Gasteiger partial charge in [0.2, 0.25) is 0 Å². The molecule has 1 nitrogen and oxygen atoms in total. The minimum absolute atomic E-state index is 0.608. The van der Waals surface area contributed by atoms with Gasteiger partial charge in [-0.3, -0.25) is 0 Å². The number of anilines is 1. The Balaban J connectivity index is 1.96. The van der Waals surface area contributed by atoms with Gasteiger partial charge in [0.1, 0.15) is 0 Å². The Morgan fingerprint density at radius 3 is 2.80 bits per heavy atom. The second-order valence-corrected chi connectivity index (χ2v) is 5.93. The van der Waals surface area contributed by atoms with E-state index < -0.39 is 0 Å². The first-order chi connectivity index (χ1) is 7.15. The first-order valence-electron chi connectivity index (χ1n) is 5.68. The van der Waals surface area contributed by atoms with E-state index in [-0.39, 0.29) is 0 Å². The summed E-state index contributed by atoms with van der Waals surface area (Å²) in [5.74, 6) is 0.997. The number of hydrogen-bond acceptors (Lipinski definition) is 1. The van der Waals surface area contributed by atoms with Crippen LogP contribution in [-0.2, 0) is 0 Å². The Hall–Kier alpha value is -0.250. The molecule has 82 valence electrons. The summed E-state index contributed by atoms with van der Waals surface area (Å²) in [4.78, 5) is 0. The van der Waals surface area contributed by atoms with Gasteiger partial charge in [0.05, 0.1) is 0 Å². The molecule has 15 heavy (non-hydrogen) atoms. The van der Waals surface area contributed by atoms with Gasteiger partial charge in [-0.15, -0.1) is 0 Å². The molecule has 0 aromatic heterocycles. The Labute approximate surface area is 106 Å². The fourth-order valence-corrected chi connectivity index (χ4v) is 2.61. The van der Waals surface area contributed by atoms with Gasteiger partial charge >= 0.3 is 0 Å². The summed E-state index contributed by atoms with van der Waals surface area (Å²) in [6, 6.07) is 7.20. The van der Waals surface area contributed by atoms with E-state index in [4.69, 9.17) is 0 Å². The van der Waals surface area contributed by atoms with Crippen molar-refractivity contribution in [1.82, 2.24) is 0 Å². The Kier molecular flexibility index (Phi) is 3.54. The van der Waals surface area contributed by atoms with Crippen molar-refractivity contribution >= 4 is 28.3 Å². The molecule has 1 aliphatic carbocycles. The molecule has 0 saturated heterocycles. The summed E-state index contributed by atoms with van der Waals surface area (Å²) in [6.07, 6.45) is 4.21. The highest BCUT2D eigenvalue weighted by molar-refractivity contribution is 14.1. The maximum Gasteiger partial charge on any atom is 0.0372 e. The second kappa shape index (κ2) is 4.73. The molecule has 1 aliphatic rings. The van der Waals surface area contributed by atoms with E-state index in [9.17, 15) is 0 Å². The molecule has 1 aromatic carbocycles. The topological polar surface area (TPSA) is 12.0 Å². The largest absolute Gasteiger partial charge is 0.382 e. The number of rotatable bonds is 4. The second-order valence-electron chi connectivity index (χ2n) is 4.68. The van der Waals surface area contributed by atoms with Crippen LogP contribution in [0.3, 0.4) is 0 Å². The van der Waals surface area contributed by atoms with E-state index in [0.29, 0.717) is 6.04 Å². The average molecular weight is 315 g/mol. The van der Waals surface area contributed by atoms with Crippen LogP contribution in [0.4, 0.5) is 5.69 Å². The van der Waals surface area contributed by atoms with Crippen molar-refractivity contribution in [3.05, 3.63) is 27.3 Å². The van der Waals surface area contributed by atoms with Crippen molar-refractivity contribution < 1.29 is 0 Å². The maximum atomic E-state index is 3.61. The highest BCUT2D eigenvalue weighted by Crippen LogP contribution is 2.34. The van der Waals surface area contributed by atoms with Crippen molar-refractivity contribution in [3.63, 3.8) is 0 Å². The Morgan fingerprint density at radius 1 is 1.47 bits per heavy atom. The van der Waals surface area contributed by atoms with Crippen molar-refractivity contribution in [2.75, 3.05) is 5.32 Å². The molecule has 0 amide bonds. The molecule has 1 fully saturated rings. The number of nitrogens with one attached hydrogen (secondary N) is 1. The van der Waals surface area contributed by atoms with Crippen LogP contribution >= 0.6 is 22.6 Å². The van der Waals surface area contributed by atoms with Crippen LogP contribution in [0.25, 0.3) is 0 Å². The molecule has 1 aromatic rings. The van der Waals surface area contributed by atoms with Crippen LogP contribution in [0.5, 0.6) is 0 Å². The van der Waals surface area contributed by atoms with Crippen LogP contribution in [0.1, 0.15) is 31.7 Å². The highest BCUT2D eigenvalue weighted by Gasteiger charge is 2.23. The van der Waals surface area contributed by atoms with Gasteiger partial charge in [0, 0.05) is 15.3 Å². The third-order valence-electron chi connectivity index (χ3n) is 2.97. The smallest absolute Gasteiger partial charge is 0.0372 e. The maximum absolute atomic E-state index is 3.61. The SMILES string of the molecule is Cc1cc(I)ccc1NC(C)CC1CC1. The van der Waals surface area contributed by atoms with Gasteiger partial charge in [0.25, 0.3) is 0 Å². The lowest BCUT2D eigenvalue weighted by molar-refractivity contribution is 0.642. The molecule has 2 rings (SSSR count). The molecule has 0 spiro atoms. The summed E-state index contributed by atoms with van der Waals surface area (Å²) < 4.78 is 1.31. The van der Waals surface area contributed by atoms with Gasteiger partial charge in [-0.2, -0.15) is 0 Å². The molecule has 1 unspecified atom stereocenters. The minimum Gasteiger partial charge on any atom is -0.382 e. The van der Waals surface area contributed by atoms with Crippen LogP contribution in [0.15, 0.2) is 18.2 Å². The molecule has 1 saturated carbocycles. The third kappa shape index (κ3) is 3.37. The first-order valence-corrected chi connectivity index (χ1v) is 6.75. The molecule has 0 bridgehead atoms. The van der Waals surface area contributed by atoms with E-state index in [1.54, 1.807) is 0 Å². The molecule has 0 heterocycles. The van der Waals surface area contributed by atoms with Crippen molar-refractivity contribution in [2.24, 2.45) is 5.92 Å². The summed E-state index contributed by atoms with van der Waals surface area (Å²) in [5.41, 5.74) is 2.65. The van der Waals surface area contributed by atoms with Crippen LogP contribution < -0.4 is 5.32 Å². The summed E-state index contributed by atoms with van der Waals surface area (Å²) in [5, 5.41) is 3.61. The number of halogens is 1. The first kappa shape index (κ1) is 11.2. The molecule has 1 N–H and O–H groups in total. The zero-order chi connectivity index (χ0) is 10.8. The summed E-state index contributed by atoms with van der Waals surface area (Å²) in [7, 11) is 0. The molecule has 0 aliphatic heterocycles. The van der Waals surface area contributed by atoms with Crippen LogP contribution in [0.2, 0.25) is 0 Å². The molecular weight excluding hydrogens is 297 g/mol. The van der Waals surface area contributed by atoms with Crippen molar-refractivity contribution in [1.29, 1.82) is 0 Å². The molecule has 0 radical (unpaired) electrons. The zero-order valence-electron chi connectivity index (χ0n) is 9.39. The zero-order valence-corrected chi connectivity index (χ0v) is 11.5. The third-order valence-corrected chi connectivity index (χ3v) is 3.65. The predicted molar refractivity (Wildman–Crippen MR) is 74.3 cm³/mol. The van der Waals surface area contributed by atoms with Crippen molar-refractivity contribution in [2.45, 2.75) is 39.2 Å². The number of hydrogen-bond donors (Lipinski definition) is 1. The monoisotopic (exact) mass is 315 g/mol. The normalized spacial score (nSPS) is 17.5. The van der Waals surface area contributed by atoms with E-state index in [2.05, 4.69) is 60.0 Å². The van der Waals surface area contributed by atoms with Gasteiger partial charge in [-0.1, -0.05) is 12.8 Å². The van der Waals surface area contributed by atoms with Gasteiger partial charge < -0.3 is 5.32 Å². The van der Waals surface area contributed by atoms with E-state index in [0.717, 1.165) is 5.92 Å². The van der Waals surface area contributed by atoms with Gasteiger partial charge in [0.15, 0.2) is 0 Å². The van der Waals surface area contributed by atoms with E-state index in [1.165, 1.54) is 34.1 Å².